The first-order chi connectivity index (χ1) is 13.2. The van der Waals surface area contributed by atoms with Crippen LogP contribution in [-0.2, 0) is 6.42 Å². The summed E-state index contributed by atoms with van der Waals surface area (Å²) in [6, 6.07) is 13.1. The van der Waals surface area contributed by atoms with Crippen LogP contribution in [0.4, 0.5) is 5.69 Å². The van der Waals surface area contributed by atoms with Crippen molar-refractivity contribution in [1.82, 2.24) is 5.32 Å². The number of rotatable bonds is 4. The molecule has 4 rings (SSSR count). The molecule has 5 heteroatoms. The molecule has 1 saturated carbocycles. The largest absolute Gasteiger partial charge is 0.497 e. The quantitative estimate of drug-likeness (QED) is 0.902. The molecule has 1 aliphatic heterocycles. The molecule has 0 radical (unpaired) electrons. The Morgan fingerprint density at radius 1 is 1.04 bits per heavy atom. The fraction of sp³-hybridized carbons (Fsp3) is 0.364. The van der Waals surface area contributed by atoms with Crippen LogP contribution in [0.25, 0.3) is 0 Å². The third-order valence-corrected chi connectivity index (χ3v) is 5.52. The minimum absolute atomic E-state index is 0.0477. The first kappa shape index (κ1) is 17.6. The molecular formula is C22H24N2O3. The van der Waals surface area contributed by atoms with Crippen molar-refractivity contribution in [2.75, 3.05) is 18.6 Å². The van der Waals surface area contributed by atoms with E-state index in [-0.39, 0.29) is 17.9 Å². The van der Waals surface area contributed by atoms with Crippen LogP contribution in [0.1, 0.15) is 52.0 Å². The smallest absolute Gasteiger partial charge is 0.258 e. The number of amides is 2. The Morgan fingerprint density at radius 2 is 1.74 bits per heavy atom. The zero-order valence-corrected chi connectivity index (χ0v) is 15.5. The predicted octanol–water partition coefficient (Wildman–Crippen LogP) is 3.57. The van der Waals surface area contributed by atoms with Gasteiger partial charge in [0.15, 0.2) is 0 Å². The molecule has 140 valence electrons. The summed E-state index contributed by atoms with van der Waals surface area (Å²) in [5.41, 5.74) is 3.18. The highest BCUT2D eigenvalue weighted by Crippen LogP contribution is 2.31. The number of carbonyl (C=O) groups excluding carboxylic acids is 2. The van der Waals surface area contributed by atoms with E-state index in [1.54, 1.807) is 36.3 Å². The Hall–Kier alpha value is -2.82. The molecule has 0 atom stereocenters. The molecule has 2 aliphatic rings. The number of nitrogens with zero attached hydrogens (tertiary/aromatic N) is 1. The lowest BCUT2D eigenvalue weighted by Crippen LogP contribution is -2.33. The molecule has 27 heavy (non-hydrogen) atoms. The summed E-state index contributed by atoms with van der Waals surface area (Å²) in [6.07, 6.45) is 5.28. The molecule has 0 unspecified atom stereocenters. The van der Waals surface area contributed by atoms with Crippen molar-refractivity contribution in [3.8, 4) is 5.75 Å². The Kier molecular flexibility index (Phi) is 4.84. The summed E-state index contributed by atoms with van der Waals surface area (Å²) >= 11 is 0. The predicted molar refractivity (Wildman–Crippen MR) is 105 cm³/mol. The Bertz CT molecular complexity index is 854. The van der Waals surface area contributed by atoms with Gasteiger partial charge >= 0.3 is 0 Å². The average molecular weight is 364 g/mol. The first-order valence-corrected chi connectivity index (χ1v) is 9.55. The van der Waals surface area contributed by atoms with E-state index in [1.165, 1.54) is 12.8 Å². The Morgan fingerprint density at radius 3 is 2.44 bits per heavy atom. The van der Waals surface area contributed by atoms with E-state index in [0.717, 1.165) is 36.3 Å². The highest BCUT2D eigenvalue weighted by atomic mass is 16.5. The Balaban J connectivity index is 1.54. The van der Waals surface area contributed by atoms with Gasteiger partial charge in [-0.3, -0.25) is 9.59 Å². The van der Waals surface area contributed by atoms with Gasteiger partial charge in [0.2, 0.25) is 0 Å². The van der Waals surface area contributed by atoms with E-state index < -0.39 is 0 Å². The van der Waals surface area contributed by atoms with E-state index in [2.05, 4.69) is 5.32 Å². The second-order valence-corrected chi connectivity index (χ2v) is 7.23. The SMILES string of the molecule is COc1ccc(C(=O)N2CCc3ccc(C(=O)NC4CCCC4)cc32)cc1. The molecule has 2 aromatic rings. The third kappa shape index (κ3) is 3.54. The van der Waals surface area contributed by atoms with Crippen molar-refractivity contribution in [3.05, 3.63) is 59.2 Å². The van der Waals surface area contributed by atoms with Crippen LogP contribution in [-0.4, -0.2) is 31.5 Å². The van der Waals surface area contributed by atoms with Crippen LogP contribution in [0.2, 0.25) is 0 Å². The molecule has 0 bridgehead atoms. The highest BCUT2D eigenvalue weighted by Gasteiger charge is 2.27. The number of ether oxygens (including phenoxy) is 1. The monoisotopic (exact) mass is 364 g/mol. The van der Waals surface area contributed by atoms with Gasteiger partial charge in [0, 0.05) is 29.4 Å². The maximum Gasteiger partial charge on any atom is 0.258 e. The van der Waals surface area contributed by atoms with E-state index in [9.17, 15) is 9.59 Å². The average Bonchev–Trinajstić information content (AvgIpc) is 3.36. The number of carbonyl (C=O) groups is 2. The van der Waals surface area contributed by atoms with Gasteiger partial charge in [-0.25, -0.2) is 0 Å². The van der Waals surface area contributed by atoms with Gasteiger partial charge in [0.1, 0.15) is 5.75 Å². The van der Waals surface area contributed by atoms with Gasteiger partial charge in [-0.15, -0.1) is 0 Å². The first-order valence-electron chi connectivity index (χ1n) is 9.55. The fourth-order valence-electron chi connectivity index (χ4n) is 3.96. The maximum atomic E-state index is 13.0. The molecular weight excluding hydrogens is 340 g/mol. The number of fused-ring (bicyclic) bond motifs is 1. The second kappa shape index (κ2) is 7.43. The Labute approximate surface area is 159 Å². The number of hydrogen-bond acceptors (Lipinski definition) is 3. The maximum absolute atomic E-state index is 13.0. The molecule has 1 N–H and O–H groups in total. The van der Waals surface area contributed by atoms with E-state index >= 15 is 0 Å². The van der Waals surface area contributed by atoms with Crippen molar-refractivity contribution in [2.24, 2.45) is 0 Å². The van der Waals surface area contributed by atoms with Crippen molar-refractivity contribution in [1.29, 1.82) is 0 Å². The number of methoxy groups -OCH3 is 1. The van der Waals surface area contributed by atoms with Crippen LogP contribution >= 0.6 is 0 Å². The minimum atomic E-state index is -0.0512. The van der Waals surface area contributed by atoms with E-state index in [1.807, 2.05) is 18.2 Å². The number of benzene rings is 2. The van der Waals surface area contributed by atoms with E-state index in [0.29, 0.717) is 17.7 Å². The van der Waals surface area contributed by atoms with Crippen molar-refractivity contribution in [2.45, 2.75) is 38.1 Å². The summed E-state index contributed by atoms with van der Waals surface area (Å²) in [6.45, 7) is 0.633. The van der Waals surface area contributed by atoms with Crippen molar-refractivity contribution in [3.63, 3.8) is 0 Å². The minimum Gasteiger partial charge on any atom is -0.497 e. The molecule has 0 aromatic heterocycles. The number of hydrogen-bond donors (Lipinski definition) is 1. The summed E-state index contributed by atoms with van der Waals surface area (Å²) in [5.74, 6) is 0.623. The standard InChI is InChI=1S/C22H24N2O3/c1-27-19-10-8-16(9-11-19)22(26)24-13-12-15-6-7-17(14-20(15)24)21(25)23-18-4-2-3-5-18/h6-11,14,18H,2-5,12-13H2,1H3,(H,23,25). The summed E-state index contributed by atoms with van der Waals surface area (Å²) in [7, 11) is 1.60. The van der Waals surface area contributed by atoms with Gasteiger partial charge in [0.05, 0.1) is 7.11 Å². The molecule has 0 saturated heterocycles. The van der Waals surface area contributed by atoms with Crippen molar-refractivity contribution < 1.29 is 14.3 Å². The lowest BCUT2D eigenvalue weighted by atomic mass is 10.1. The third-order valence-electron chi connectivity index (χ3n) is 5.52. The molecule has 2 aromatic carbocycles. The van der Waals surface area contributed by atoms with Gasteiger partial charge in [-0.1, -0.05) is 18.9 Å². The zero-order valence-electron chi connectivity index (χ0n) is 15.5. The molecule has 1 aliphatic carbocycles. The molecule has 5 nitrogen and oxygen atoms in total. The highest BCUT2D eigenvalue weighted by molar-refractivity contribution is 6.08. The van der Waals surface area contributed by atoms with Gasteiger partial charge in [0.25, 0.3) is 11.8 Å². The summed E-state index contributed by atoms with van der Waals surface area (Å²) in [5, 5.41) is 3.12. The number of nitrogens with one attached hydrogen (secondary N) is 1. The van der Waals surface area contributed by atoms with Crippen LogP contribution in [0.15, 0.2) is 42.5 Å². The lowest BCUT2D eigenvalue weighted by Gasteiger charge is -2.19. The zero-order chi connectivity index (χ0) is 18.8. The lowest BCUT2D eigenvalue weighted by molar-refractivity contribution is 0.0935. The molecule has 2 amide bonds. The van der Waals surface area contributed by atoms with Crippen LogP contribution < -0.4 is 15.0 Å². The van der Waals surface area contributed by atoms with Crippen LogP contribution in [0.3, 0.4) is 0 Å². The fourth-order valence-corrected chi connectivity index (χ4v) is 3.96. The van der Waals surface area contributed by atoms with E-state index in [4.69, 9.17) is 4.74 Å². The second-order valence-electron chi connectivity index (χ2n) is 7.23. The molecule has 1 heterocycles. The normalized spacial score (nSPS) is 16.3. The topological polar surface area (TPSA) is 58.6 Å². The van der Waals surface area contributed by atoms with Gasteiger partial charge < -0.3 is 15.0 Å². The van der Waals surface area contributed by atoms with Crippen LogP contribution in [0.5, 0.6) is 5.75 Å². The van der Waals surface area contributed by atoms with Gasteiger partial charge in [-0.05, 0) is 61.2 Å². The van der Waals surface area contributed by atoms with Crippen LogP contribution in [0, 0.1) is 0 Å². The summed E-state index contributed by atoms with van der Waals surface area (Å²) in [4.78, 5) is 27.3. The van der Waals surface area contributed by atoms with Crippen molar-refractivity contribution >= 4 is 17.5 Å². The molecule has 0 spiro atoms. The van der Waals surface area contributed by atoms with Gasteiger partial charge in [-0.2, -0.15) is 0 Å². The summed E-state index contributed by atoms with van der Waals surface area (Å²) < 4.78 is 5.16. The molecule has 1 fully saturated rings. The number of anilines is 1.